The average molecular weight is 291 g/mol. The fraction of sp³-hybridized carbons (Fsp3) is 0.571. The summed E-state index contributed by atoms with van der Waals surface area (Å²) in [5.74, 6) is 1.01. The number of fused-ring (bicyclic) bond motifs is 1. The molecule has 108 valence electrons. The molecule has 3 rings (SSSR count). The maximum absolute atomic E-state index is 5.96. The molecule has 0 saturated carbocycles. The highest BCUT2D eigenvalue weighted by atomic mass is 32.2. The Morgan fingerprint density at radius 1 is 1.35 bits per heavy atom. The summed E-state index contributed by atoms with van der Waals surface area (Å²) in [6, 6.07) is 2.02. The lowest BCUT2D eigenvalue weighted by atomic mass is 9.95. The molecule has 3 heterocycles. The Labute approximate surface area is 123 Å². The highest BCUT2D eigenvalue weighted by Crippen LogP contribution is 2.35. The van der Waals surface area contributed by atoms with Crippen LogP contribution in [-0.2, 0) is 7.05 Å². The Morgan fingerprint density at radius 2 is 2.10 bits per heavy atom. The molecule has 20 heavy (non-hydrogen) atoms. The summed E-state index contributed by atoms with van der Waals surface area (Å²) in [5.41, 5.74) is 8.09. The quantitative estimate of drug-likeness (QED) is 0.931. The molecule has 0 atom stereocenters. The van der Waals surface area contributed by atoms with E-state index in [4.69, 9.17) is 5.73 Å². The van der Waals surface area contributed by atoms with Crippen LogP contribution in [0.2, 0.25) is 0 Å². The molecule has 0 bridgehead atoms. The van der Waals surface area contributed by atoms with Gasteiger partial charge in [0.05, 0.1) is 11.8 Å². The van der Waals surface area contributed by atoms with Crippen molar-refractivity contribution in [2.45, 2.75) is 17.6 Å². The van der Waals surface area contributed by atoms with E-state index in [0.29, 0.717) is 0 Å². The summed E-state index contributed by atoms with van der Waals surface area (Å²) in [6.07, 6.45) is 8.11. The minimum absolute atomic E-state index is 0.245. The van der Waals surface area contributed by atoms with Crippen LogP contribution in [0.4, 0.5) is 5.82 Å². The van der Waals surface area contributed by atoms with E-state index in [-0.39, 0.29) is 4.75 Å². The molecule has 0 spiro atoms. The van der Waals surface area contributed by atoms with Gasteiger partial charge in [0.25, 0.3) is 0 Å². The summed E-state index contributed by atoms with van der Waals surface area (Å²) in [7, 11) is 2.02. The fourth-order valence-electron chi connectivity index (χ4n) is 2.90. The van der Waals surface area contributed by atoms with Crippen LogP contribution in [0.5, 0.6) is 0 Å². The zero-order chi connectivity index (χ0) is 14.2. The lowest BCUT2D eigenvalue weighted by molar-refractivity contribution is 0.456. The number of nitrogens with zero attached hydrogens (tertiary/aromatic N) is 4. The van der Waals surface area contributed by atoms with Crippen molar-refractivity contribution in [1.82, 2.24) is 14.5 Å². The number of anilines is 1. The molecule has 1 fully saturated rings. The molecule has 1 aliphatic heterocycles. The van der Waals surface area contributed by atoms with Gasteiger partial charge in [0.15, 0.2) is 5.82 Å². The average Bonchev–Trinajstić information content (AvgIpc) is 2.89. The van der Waals surface area contributed by atoms with Crippen molar-refractivity contribution in [2.24, 2.45) is 12.8 Å². The molecule has 0 unspecified atom stereocenters. The first kappa shape index (κ1) is 13.7. The van der Waals surface area contributed by atoms with Gasteiger partial charge in [0.1, 0.15) is 5.52 Å². The normalized spacial score (nSPS) is 18.6. The second-order valence-corrected chi connectivity index (χ2v) is 6.71. The lowest BCUT2D eigenvalue weighted by Gasteiger charge is -2.40. The predicted molar refractivity (Wildman–Crippen MR) is 85.3 cm³/mol. The van der Waals surface area contributed by atoms with Crippen LogP contribution in [0.25, 0.3) is 11.0 Å². The molecule has 2 aromatic heterocycles. The van der Waals surface area contributed by atoms with Crippen LogP contribution in [0.15, 0.2) is 18.6 Å². The van der Waals surface area contributed by atoms with Crippen molar-refractivity contribution >= 4 is 28.6 Å². The second kappa shape index (κ2) is 5.26. The molecule has 5 nitrogen and oxygen atoms in total. The van der Waals surface area contributed by atoms with E-state index in [1.54, 1.807) is 0 Å². The second-order valence-electron chi connectivity index (χ2n) is 5.44. The molecule has 6 heteroatoms. The number of nitrogens with two attached hydrogens (primary N) is 1. The Bertz CT molecular complexity index is 595. The summed E-state index contributed by atoms with van der Waals surface area (Å²) in [6.45, 7) is 2.75. The highest BCUT2D eigenvalue weighted by Gasteiger charge is 2.33. The van der Waals surface area contributed by atoms with Crippen LogP contribution >= 0.6 is 11.8 Å². The Morgan fingerprint density at radius 3 is 2.75 bits per heavy atom. The molecular weight excluding hydrogens is 270 g/mol. The third-order valence-electron chi connectivity index (χ3n) is 4.40. The summed E-state index contributed by atoms with van der Waals surface area (Å²) < 4.78 is 2.28. The van der Waals surface area contributed by atoms with E-state index < -0.39 is 0 Å². The standard InChI is InChI=1S/C14H21N5S/c1-18-10-17-12-11(18)3-6-16-13(12)19-7-4-14(9-15,20-2)5-8-19/h3,6,10H,4-5,7-9,15H2,1-2H3. The van der Waals surface area contributed by atoms with Crippen molar-refractivity contribution in [3.63, 3.8) is 0 Å². The van der Waals surface area contributed by atoms with Gasteiger partial charge in [0.2, 0.25) is 0 Å². The lowest BCUT2D eigenvalue weighted by Crippen LogP contribution is -2.46. The van der Waals surface area contributed by atoms with Gasteiger partial charge in [-0.25, -0.2) is 9.97 Å². The van der Waals surface area contributed by atoms with E-state index in [9.17, 15) is 0 Å². The third-order valence-corrected chi connectivity index (χ3v) is 5.84. The monoisotopic (exact) mass is 291 g/mol. The number of pyridine rings is 1. The van der Waals surface area contributed by atoms with Gasteiger partial charge in [0, 0.05) is 37.6 Å². The van der Waals surface area contributed by atoms with Crippen LogP contribution in [0, 0.1) is 0 Å². The van der Waals surface area contributed by atoms with Gasteiger partial charge >= 0.3 is 0 Å². The van der Waals surface area contributed by atoms with Crippen LogP contribution in [-0.4, -0.2) is 45.2 Å². The van der Waals surface area contributed by atoms with Gasteiger partial charge in [-0.05, 0) is 25.2 Å². The predicted octanol–water partition coefficient (Wildman–Crippen LogP) is 1.63. The number of piperidine rings is 1. The number of rotatable bonds is 3. The van der Waals surface area contributed by atoms with Crippen LogP contribution < -0.4 is 10.6 Å². The number of thioether (sulfide) groups is 1. The van der Waals surface area contributed by atoms with Crippen molar-refractivity contribution in [2.75, 3.05) is 30.8 Å². The number of hydrogen-bond donors (Lipinski definition) is 1. The molecule has 2 aromatic rings. The van der Waals surface area contributed by atoms with E-state index in [0.717, 1.165) is 49.3 Å². The maximum Gasteiger partial charge on any atom is 0.156 e. The summed E-state index contributed by atoms with van der Waals surface area (Å²) in [4.78, 5) is 11.4. The molecule has 0 amide bonds. The highest BCUT2D eigenvalue weighted by molar-refractivity contribution is 8.00. The van der Waals surface area contributed by atoms with Crippen molar-refractivity contribution in [3.05, 3.63) is 18.6 Å². The molecular formula is C14H21N5S. The Kier molecular flexibility index (Phi) is 3.60. The molecule has 0 aliphatic carbocycles. The molecule has 1 saturated heterocycles. The smallest absolute Gasteiger partial charge is 0.156 e. The first-order chi connectivity index (χ1) is 9.69. The maximum atomic E-state index is 5.96. The van der Waals surface area contributed by atoms with Crippen LogP contribution in [0.3, 0.4) is 0 Å². The van der Waals surface area contributed by atoms with Crippen LogP contribution in [0.1, 0.15) is 12.8 Å². The molecule has 0 radical (unpaired) electrons. The van der Waals surface area contributed by atoms with E-state index >= 15 is 0 Å². The number of aromatic nitrogens is 3. The van der Waals surface area contributed by atoms with Gasteiger partial charge in [-0.2, -0.15) is 11.8 Å². The number of aryl methyl sites for hydroxylation is 1. The largest absolute Gasteiger partial charge is 0.355 e. The zero-order valence-corrected chi connectivity index (χ0v) is 12.9. The van der Waals surface area contributed by atoms with E-state index in [1.165, 1.54) is 0 Å². The third kappa shape index (κ3) is 2.16. The van der Waals surface area contributed by atoms with Gasteiger partial charge in [-0.3, -0.25) is 0 Å². The molecule has 0 aromatic carbocycles. The van der Waals surface area contributed by atoms with Crippen molar-refractivity contribution < 1.29 is 0 Å². The van der Waals surface area contributed by atoms with Gasteiger partial charge in [-0.1, -0.05) is 0 Å². The summed E-state index contributed by atoms with van der Waals surface area (Å²) >= 11 is 1.91. The van der Waals surface area contributed by atoms with E-state index in [2.05, 4.69) is 21.1 Å². The topological polar surface area (TPSA) is 60.0 Å². The minimum Gasteiger partial charge on any atom is -0.355 e. The fourth-order valence-corrected chi connectivity index (χ4v) is 3.65. The molecule has 1 aliphatic rings. The molecule has 2 N–H and O–H groups in total. The summed E-state index contributed by atoms with van der Waals surface area (Å²) in [5, 5.41) is 0. The number of hydrogen-bond acceptors (Lipinski definition) is 5. The first-order valence-corrected chi connectivity index (χ1v) is 8.18. The van der Waals surface area contributed by atoms with Gasteiger partial charge < -0.3 is 15.2 Å². The van der Waals surface area contributed by atoms with Gasteiger partial charge in [-0.15, -0.1) is 0 Å². The Hall–Kier alpha value is -1.27. The SMILES string of the molecule is CSC1(CN)CCN(c2nccc3c2ncn3C)CC1. The zero-order valence-electron chi connectivity index (χ0n) is 12.0. The van der Waals surface area contributed by atoms with Crippen molar-refractivity contribution in [1.29, 1.82) is 0 Å². The number of imidazole rings is 1. The first-order valence-electron chi connectivity index (χ1n) is 6.95. The minimum atomic E-state index is 0.245. The van der Waals surface area contributed by atoms with Crippen molar-refractivity contribution in [3.8, 4) is 0 Å². The van der Waals surface area contributed by atoms with E-state index in [1.807, 2.05) is 42.0 Å². The Balaban J connectivity index is 1.87.